The Morgan fingerprint density at radius 2 is 2.31 bits per heavy atom. The number of carbonyl (C=O) groups excluding carboxylic acids is 1. The van der Waals surface area contributed by atoms with Crippen molar-refractivity contribution in [2.45, 2.75) is 6.92 Å². The zero-order valence-electron chi connectivity index (χ0n) is 8.53. The molecule has 0 saturated carbocycles. The van der Waals surface area contributed by atoms with E-state index in [1.165, 1.54) is 12.5 Å². The van der Waals surface area contributed by atoms with Crippen molar-refractivity contribution in [1.82, 2.24) is 5.16 Å². The van der Waals surface area contributed by atoms with E-state index in [2.05, 4.69) is 15.0 Å². The van der Waals surface area contributed by atoms with E-state index >= 15 is 0 Å². The fourth-order valence-corrected chi connectivity index (χ4v) is 1.51. The maximum atomic E-state index is 11.7. The van der Waals surface area contributed by atoms with Crippen molar-refractivity contribution in [3.05, 3.63) is 46.8 Å². The molecule has 0 spiro atoms. The number of nitrogens with zero attached hydrogens (tertiary/aromatic N) is 1. The standard InChI is InChI=1S/C11H9ClN2O2/c1-7-4-9(12)2-3-10(7)14-11(15)8-5-13-16-6-8/h2-6H,1H3,(H,14,15). The Morgan fingerprint density at radius 1 is 1.50 bits per heavy atom. The molecule has 1 aromatic carbocycles. The minimum absolute atomic E-state index is 0.258. The van der Waals surface area contributed by atoms with E-state index in [4.69, 9.17) is 11.6 Å². The van der Waals surface area contributed by atoms with Crippen molar-refractivity contribution in [2.75, 3.05) is 5.32 Å². The van der Waals surface area contributed by atoms with Gasteiger partial charge in [-0.25, -0.2) is 0 Å². The van der Waals surface area contributed by atoms with E-state index in [9.17, 15) is 4.79 Å². The zero-order chi connectivity index (χ0) is 11.5. The van der Waals surface area contributed by atoms with Crippen LogP contribution in [0.1, 0.15) is 15.9 Å². The molecule has 4 nitrogen and oxygen atoms in total. The normalized spacial score (nSPS) is 10.1. The second-order valence-electron chi connectivity index (χ2n) is 3.33. The number of nitrogens with one attached hydrogen (secondary N) is 1. The Hall–Kier alpha value is -1.81. The molecule has 2 rings (SSSR count). The van der Waals surface area contributed by atoms with Crippen LogP contribution in [0.5, 0.6) is 0 Å². The van der Waals surface area contributed by atoms with Gasteiger partial charge in [-0.3, -0.25) is 4.79 Å². The van der Waals surface area contributed by atoms with Crippen LogP contribution in [0, 0.1) is 6.92 Å². The summed E-state index contributed by atoms with van der Waals surface area (Å²) in [5, 5.41) is 6.85. The number of carbonyl (C=O) groups is 1. The number of hydrogen-bond acceptors (Lipinski definition) is 3. The lowest BCUT2D eigenvalue weighted by atomic mass is 10.2. The highest BCUT2D eigenvalue weighted by molar-refractivity contribution is 6.30. The van der Waals surface area contributed by atoms with Gasteiger partial charge in [0.25, 0.3) is 5.91 Å². The number of benzene rings is 1. The summed E-state index contributed by atoms with van der Waals surface area (Å²) in [5.41, 5.74) is 2.00. The summed E-state index contributed by atoms with van der Waals surface area (Å²) in [6.45, 7) is 1.87. The molecule has 0 unspecified atom stereocenters. The molecule has 0 radical (unpaired) electrons. The first-order chi connectivity index (χ1) is 7.66. The number of halogens is 1. The number of anilines is 1. The fourth-order valence-electron chi connectivity index (χ4n) is 1.28. The van der Waals surface area contributed by atoms with Crippen LogP contribution in [0.4, 0.5) is 5.69 Å². The van der Waals surface area contributed by atoms with Crippen molar-refractivity contribution >= 4 is 23.2 Å². The Balaban J connectivity index is 2.18. The maximum Gasteiger partial charge on any atom is 0.260 e. The second kappa shape index (κ2) is 4.37. The molecule has 1 amide bonds. The molecular formula is C11H9ClN2O2. The van der Waals surface area contributed by atoms with Gasteiger partial charge in [0.05, 0.1) is 11.8 Å². The maximum absolute atomic E-state index is 11.7. The van der Waals surface area contributed by atoms with E-state index in [-0.39, 0.29) is 5.91 Å². The lowest BCUT2D eigenvalue weighted by molar-refractivity contribution is 0.102. The average Bonchev–Trinajstić information content (AvgIpc) is 2.75. The SMILES string of the molecule is Cc1cc(Cl)ccc1NC(=O)c1cnoc1. The molecule has 2 aromatic rings. The van der Waals surface area contributed by atoms with Crippen molar-refractivity contribution < 1.29 is 9.32 Å². The first-order valence-electron chi connectivity index (χ1n) is 4.63. The number of hydrogen-bond donors (Lipinski definition) is 1. The van der Waals surface area contributed by atoms with Gasteiger partial charge in [0.2, 0.25) is 0 Å². The highest BCUT2D eigenvalue weighted by Gasteiger charge is 2.09. The topological polar surface area (TPSA) is 55.1 Å². The first kappa shape index (κ1) is 10.7. The van der Waals surface area contributed by atoms with Crippen molar-refractivity contribution in [1.29, 1.82) is 0 Å². The van der Waals surface area contributed by atoms with Gasteiger partial charge in [-0.1, -0.05) is 16.8 Å². The van der Waals surface area contributed by atoms with Crippen molar-refractivity contribution in [3.8, 4) is 0 Å². The molecule has 5 heteroatoms. The Labute approximate surface area is 97.2 Å². The van der Waals surface area contributed by atoms with E-state index < -0.39 is 0 Å². The van der Waals surface area contributed by atoms with Crippen LogP contribution in [-0.2, 0) is 0 Å². The summed E-state index contributed by atoms with van der Waals surface area (Å²) >= 11 is 5.82. The molecule has 1 N–H and O–H groups in total. The molecule has 0 aliphatic carbocycles. The third-order valence-corrected chi connectivity index (χ3v) is 2.37. The van der Waals surface area contributed by atoms with Gasteiger partial charge < -0.3 is 9.84 Å². The largest absolute Gasteiger partial charge is 0.364 e. The first-order valence-corrected chi connectivity index (χ1v) is 5.01. The molecular weight excluding hydrogens is 228 g/mol. The molecule has 16 heavy (non-hydrogen) atoms. The van der Waals surface area contributed by atoms with Crippen LogP contribution >= 0.6 is 11.6 Å². The van der Waals surface area contributed by atoms with Crippen LogP contribution in [0.25, 0.3) is 0 Å². The second-order valence-corrected chi connectivity index (χ2v) is 3.76. The Morgan fingerprint density at radius 3 is 2.94 bits per heavy atom. The van der Waals surface area contributed by atoms with Crippen LogP contribution in [-0.4, -0.2) is 11.1 Å². The summed E-state index contributed by atoms with van der Waals surface area (Å²) in [4.78, 5) is 11.7. The molecule has 1 heterocycles. The summed E-state index contributed by atoms with van der Waals surface area (Å²) in [6.07, 6.45) is 2.65. The number of aryl methyl sites for hydroxylation is 1. The molecule has 0 aliphatic heterocycles. The molecule has 0 fully saturated rings. The van der Waals surface area contributed by atoms with E-state index in [1.807, 2.05) is 6.92 Å². The van der Waals surface area contributed by atoms with Gasteiger partial charge in [0.15, 0.2) is 0 Å². The summed E-state index contributed by atoms with van der Waals surface area (Å²) in [7, 11) is 0. The molecule has 1 aromatic heterocycles. The highest BCUT2D eigenvalue weighted by Crippen LogP contribution is 2.20. The minimum Gasteiger partial charge on any atom is -0.364 e. The van der Waals surface area contributed by atoms with Gasteiger partial charge >= 0.3 is 0 Å². The third kappa shape index (κ3) is 2.23. The quantitative estimate of drug-likeness (QED) is 0.872. The Kier molecular flexibility index (Phi) is 2.92. The molecule has 0 bridgehead atoms. The summed E-state index contributed by atoms with van der Waals surface area (Å²) < 4.78 is 4.59. The lowest BCUT2D eigenvalue weighted by Crippen LogP contribution is -2.11. The van der Waals surface area contributed by atoms with E-state index in [0.29, 0.717) is 10.6 Å². The van der Waals surface area contributed by atoms with E-state index in [0.717, 1.165) is 11.3 Å². The van der Waals surface area contributed by atoms with E-state index in [1.54, 1.807) is 18.2 Å². The third-order valence-electron chi connectivity index (χ3n) is 2.13. The smallest absolute Gasteiger partial charge is 0.260 e. The van der Waals surface area contributed by atoms with Crippen LogP contribution < -0.4 is 5.32 Å². The zero-order valence-corrected chi connectivity index (χ0v) is 9.28. The number of aromatic nitrogens is 1. The van der Waals surface area contributed by atoms with Crippen LogP contribution in [0.3, 0.4) is 0 Å². The van der Waals surface area contributed by atoms with Crippen molar-refractivity contribution in [3.63, 3.8) is 0 Å². The molecule has 0 aliphatic rings. The monoisotopic (exact) mass is 236 g/mol. The molecule has 82 valence electrons. The lowest BCUT2D eigenvalue weighted by Gasteiger charge is -2.06. The van der Waals surface area contributed by atoms with Crippen LogP contribution in [0.15, 0.2) is 35.2 Å². The predicted molar refractivity (Wildman–Crippen MR) is 60.6 cm³/mol. The van der Waals surface area contributed by atoms with Gasteiger partial charge in [-0.2, -0.15) is 0 Å². The average molecular weight is 237 g/mol. The Bertz CT molecular complexity index is 509. The van der Waals surface area contributed by atoms with Gasteiger partial charge in [-0.05, 0) is 30.7 Å². The summed E-state index contributed by atoms with van der Waals surface area (Å²) in [6, 6.07) is 5.26. The summed E-state index contributed by atoms with van der Waals surface area (Å²) in [5.74, 6) is -0.258. The predicted octanol–water partition coefficient (Wildman–Crippen LogP) is 2.89. The van der Waals surface area contributed by atoms with Crippen LogP contribution in [0.2, 0.25) is 5.02 Å². The molecule has 0 atom stereocenters. The fraction of sp³-hybridized carbons (Fsp3) is 0.0909. The van der Waals surface area contributed by atoms with Gasteiger partial charge in [0, 0.05) is 10.7 Å². The minimum atomic E-state index is -0.258. The van der Waals surface area contributed by atoms with Gasteiger partial charge in [0.1, 0.15) is 6.26 Å². The van der Waals surface area contributed by atoms with Crippen molar-refractivity contribution in [2.24, 2.45) is 0 Å². The number of amides is 1. The highest BCUT2D eigenvalue weighted by atomic mass is 35.5. The van der Waals surface area contributed by atoms with Gasteiger partial charge in [-0.15, -0.1) is 0 Å². The molecule has 0 saturated heterocycles. The number of rotatable bonds is 2.